The van der Waals surface area contributed by atoms with Crippen LogP contribution in [-0.2, 0) is 11.2 Å². The predicted octanol–water partition coefficient (Wildman–Crippen LogP) is 3.11. The van der Waals surface area contributed by atoms with E-state index in [0.717, 1.165) is 67.7 Å². The average Bonchev–Trinajstić information content (AvgIpc) is 3.16. The molecular weight excluding hydrogens is 371 g/mol. The molecule has 0 saturated carbocycles. The molecule has 2 atom stereocenters. The van der Waals surface area contributed by atoms with Crippen molar-refractivity contribution in [3.8, 4) is 0 Å². The molecular formula is C19H28Cl2N4O. The minimum atomic E-state index is 0. The molecule has 2 saturated heterocycles. The number of nitrogens with zero attached hydrogens (tertiary/aromatic N) is 2. The van der Waals surface area contributed by atoms with Crippen LogP contribution in [0.2, 0.25) is 0 Å². The lowest BCUT2D eigenvalue weighted by atomic mass is 9.92. The number of imidazole rings is 1. The molecule has 144 valence electrons. The van der Waals surface area contributed by atoms with Gasteiger partial charge in [-0.1, -0.05) is 12.1 Å². The number of aryl methyl sites for hydroxylation is 2. The number of hydrogen-bond acceptors (Lipinski definition) is 3. The average molecular weight is 399 g/mol. The van der Waals surface area contributed by atoms with Crippen LogP contribution in [0.3, 0.4) is 0 Å². The van der Waals surface area contributed by atoms with Crippen molar-refractivity contribution in [2.75, 3.05) is 26.2 Å². The molecule has 0 spiro atoms. The Bertz CT molecular complexity index is 734. The Labute approximate surface area is 167 Å². The zero-order valence-electron chi connectivity index (χ0n) is 15.2. The number of carbonyl (C=O) groups is 1. The molecule has 26 heavy (non-hydrogen) atoms. The molecule has 1 aromatic heterocycles. The van der Waals surface area contributed by atoms with Gasteiger partial charge >= 0.3 is 0 Å². The number of aromatic nitrogens is 2. The summed E-state index contributed by atoms with van der Waals surface area (Å²) in [6.45, 7) is 6.17. The molecule has 5 nitrogen and oxygen atoms in total. The summed E-state index contributed by atoms with van der Waals surface area (Å²) in [4.78, 5) is 22.7. The number of amides is 1. The van der Waals surface area contributed by atoms with Crippen molar-refractivity contribution in [3.05, 3.63) is 29.6 Å². The van der Waals surface area contributed by atoms with E-state index >= 15 is 0 Å². The number of hydrogen-bond donors (Lipinski definition) is 2. The first-order valence-corrected chi connectivity index (χ1v) is 9.13. The molecule has 1 aromatic carbocycles. The summed E-state index contributed by atoms with van der Waals surface area (Å²) < 4.78 is 0. The quantitative estimate of drug-likeness (QED) is 0.834. The van der Waals surface area contributed by atoms with Crippen LogP contribution in [0.25, 0.3) is 11.0 Å². The predicted molar refractivity (Wildman–Crippen MR) is 109 cm³/mol. The zero-order valence-corrected chi connectivity index (χ0v) is 16.8. The monoisotopic (exact) mass is 398 g/mol. The first-order chi connectivity index (χ1) is 11.7. The van der Waals surface area contributed by atoms with Gasteiger partial charge in [0.15, 0.2) is 0 Å². The maximum atomic E-state index is 12.6. The first kappa shape index (κ1) is 21.0. The van der Waals surface area contributed by atoms with E-state index in [2.05, 4.69) is 33.2 Å². The molecule has 2 aromatic rings. The summed E-state index contributed by atoms with van der Waals surface area (Å²) in [5.74, 6) is 2.73. The van der Waals surface area contributed by atoms with Gasteiger partial charge in [0.1, 0.15) is 5.82 Å². The molecule has 0 unspecified atom stereocenters. The van der Waals surface area contributed by atoms with Crippen molar-refractivity contribution < 1.29 is 4.79 Å². The second-order valence-corrected chi connectivity index (χ2v) is 7.29. The third-order valence-electron chi connectivity index (χ3n) is 5.71. The van der Waals surface area contributed by atoms with Gasteiger partial charge in [-0.3, -0.25) is 4.79 Å². The van der Waals surface area contributed by atoms with Crippen molar-refractivity contribution in [1.82, 2.24) is 20.2 Å². The van der Waals surface area contributed by atoms with E-state index in [9.17, 15) is 4.79 Å². The number of carbonyl (C=O) groups excluding carboxylic acids is 1. The number of fused-ring (bicyclic) bond motifs is 2. The molecule has 2 fully saturated rings. The maximum absolute atomic E-state index is 12.6. The van der Waals surface area contributed by atoms with Gasteiger partial charge in [0.05, 0.1) is 11.0 Å². The molecule has 3 heterocycles. The number of para-hydroxylation sites is 1. The fourth-order valence-electron chi connectivity index (χ4n) is 4.20. The van der Waals surface area contributed by atoms with Crippen LogP contribution in [0, 0.1) is 18.8 Å². The maximum Gasteiger partial charge on any atom is 0.223 e. The van der Waals surface area contributed by atoms with Crippen LogP contribution < -0.4 is 5.32 Å². The molecule has 7 heteroatoms. The van der Waals surface area contributed by atoms with Crippen molar-refractivity contribution in [2.24, 2.45) is 11.8 Å². The van der Waals surface area contributed by atoms with Crippen LogP contribution in [-0.4, -0.2) is 47.0 Å². The van der Waals surface area contributed by atoms with Gasteiger partial charge in [-0.15, -0.1) is 24.8 Å². The first-order valence-electron chi connectivity index (χ1n) is 9.13. The number of halogens is 2. The molecule has 2 aliphatic heterocycles. The van der Waals surface area contributed by atoms with Gasteiger partial charge in [0, 0.05) is 25.9 Å². The zero-order chi connectivity index (χ0) is 16.5. The number of aromatic amines is 1. The largest absolute Gasteiger partial charge is 0.343 e. The van der Waals surface area contributed by atoms with E-state index in [0.29, 0.717) is 12.8 Å². The van der Waals surface area contributed by atoms with Gasteiger partial charge in [0.25, 0.3) is 0 Å². The lowest BCUT2D eigenvalue weighted by Crippen LogP contribution is -2.33. The van der Waals surface area contributed by atoms with Gasteiger partial charge in [-0.05, 0) is 56.3 Å². The van der Waals surface area contributed by atoms with Crippen LogP contribution in [0.15, 0.2) is 18.2 Å². The van der Waals surface area contributed by atoms with E-state index in [1.54, 1.807) is 0 Å². The lowest BCUT2D eigenvalue weighted by molar-refractivity contribution is -0.131. The normalized spacial score (nSPS) is 22.3. The van der Waals surface area contributed by atoms with E-state index in [-0.39, 0.29) is 30.7 Å². The highest BCUT2D eigenvalue weighted by atomic mass is 35.5. The number of H-pyrrole nitrogens is 1. The highest BCUT2D eigenvalue weighted by Crippen LogP contribution is 2.27. The Balaban J connectivity index is 0.00000121. The van der Waals surface area contributed by atoms with Crippen molar-refractivity contribution in [1.29, 1.82) is 0 Å². The summed E-state index contributed by atoms with van der Waals surface area (Å²) in [6, 6.07) is 6.15. The van der Waals surface area contributed by atoms with Gasteiger partial charge in [-0.25, -0.2) is 4.98 Å². The van der Waals surface area contributed by atoms with Crippen LogP contribution in [0.1, 0.15) is 30.7 Å². The number of benzene rings is 1. The molecule has 0 radical (unpaired) electrons. The van der Waals surface area contributed by atoms with Gasteiger partial charge in [0.2, 0.25) is 5.91 Å². The number of nitrogens with one attached hydrogen (secondary N) is 2. The number of likely N-dealkylation sites (tertiary alicyclic amines) is 1. The van der Waals surface area contributed by atoms with Crippen LogP contribution in [0.4, 0.5) is 0 Å². The van der Waals surface area contributed by atoms with Crippen molar-refractivity contribution >= 4 is 41.8 Å². The fraction of sp³-hybridized carbons (Fsp3) is 0.579. The van der Waals surface area contributed by atoms with Gasteiger partial charge < -0.3 is 15.2 Å². The third-order valence-corrected chi connectivity index (χ3v) is 5.71. The summed E-state index contributed by atoms with van der Waals surface area (Å²) in [5.41, 5.74) is 3.26. The Hall–Kier alpha value is -1.30. The smallest absolute Gasteiger partial charge is 0.223 e. The Morgan fingerprint density at radius 2 is 1.88 bits per heavy atom. The third kappa shape index (κ3) is 4.33. The summed E-state index contributed by atoms with van der Waals surface area (Å²) in [7, 11) is 0. The van der Waals surface area contributed by atoms with Crippen LogP contribution in [0.5, 0.6) is 0 Å². The highest BCUT2D eigenvalue weighted by molar-refractivity contribution is 5.85. The summed E-state index contributed by atoms with van der Waals surface area (Å²) >= 11 is 0. The topological polar surface area (TPSA) is 61.0 Å². The number of rotatable bonds is 3. The lowest BCUT2D eigenvalue weighted by Gasteiger charge is -2.20. The molecule has 4 rings (SSSR count). The van der Waals surface area contributed by atoms with Crippen LogP contribution >= 0.6 is 24.8 Å². The van der Waals surface area contributed by atoms with E-state index in [4.69, 9.17) is 0 Å². The van der Waals surface area contributed by atoms with E-state index < -0.39 is 0 Å². The SMILES string of the molecule is Cc1cccc2[nH]c(CCC(=O)N3CC[C@@H]4CNC[C@@H]4CC3)nc12.Cl.Cl. The Morgan fingerprint density at radius 1 is 1.19 bits per heavy atom. The molecule has 1 amide bonds. The van der Waals surface area contributed by atoms with E-state index in [1.807, 2.05) is 12.1 Å². The van der Waals surface area contributed by atoms with Crippen molar-refractivity contribution in [2.45, 2.75) is 32.6 Å². The highest BCUT2D eigenvalue weighted by Gasteiger charge is 2.31. The minimum Gasteiger partial charge on any atom is -0.343 e. The Kier molecular flexibility index (Phi) is 7.33. The second kappa shape index (κ2) is 9.07. The van der Waals surface area contributed by atoms with Crippen molar-refractivity contribution in [3.63, 3.8) is 0 Å². The molecule has 2 aliphatic rings. The summed E-state index contributed by atoms with van der Waals surface area (Å²) in [5, 5.41) is 3.48. The molecule has 2 N–H and O–H groups in total. The van der Waals surface area contributed by atoms with Gasteiger partial charge in [-0.2, -0.15) is 0 Å². The molecule has 0 bridgehead atoms. The Morgan fingerprint density at radius 3 is 2.54 bits per heavy atom. The second-order valence-electron chi connectivity index (χ2n) is 7.29. The summed E-state index contributed by atoms with van der Waals surface area (Å²) in [6.07, 6.45) is 3.53. The minimum absolute atomic E-state index is 0. The van der Waals surface area contributed by atoms with E-state index in [1.165, 1.54) is 5.56 Å². The standard InChI is InChI=1S/C19H26N4O.2ClH/c1-13-3-2-4-16-19(13)22-17(21-16)5-6-18(24)23-9-7-14-11-20-12-15(14)8-10-23;;/h2-4,14-15,20H,5-12H2,1H3,(H,21,22);2*1H/t14-,15+;;. The fourth-order valence-corrected chi connectivity index (χ4v) is 4.20. The molecule has 0 aliphatic carbocycles.